The van der Waals surface area contributed by atoms with Crippen LogP contribution in [0.2, 0.25) is 0 Å². The van der Waals surface area contributed by atoms with Crippen LogP contribution in [0.4, 0.5) is 8.78 Å². The fraction of sp³-hybridized carbons (Fsp3) is 0.435. The summed E-state index contributed by atoms with van der Waals surface area (Å²) in [5.74, 6) is -0.641. The lowest BCUT2D eigenvalue weighted by atomic mass is 9.79. The van der Waals surface area contributed by atoms with Gasteiger partial charge in [-0.3, -0.25) is 14.6 Å². The zero-order chi connectivity index (χ0) is 21.1. The zero-order valence-corrected chi connectivity index (χ0v) is 16.6. The molecule has 7 heteroatoms. The number of hydroxylamine groups is 2. The topological polar surface area (TPSA) is 66.2 Å². The fourth-order valence-corrected chi connectivity index (χ4v) is 4.55. The average molecular weight is 411 g/mol. The van der Waals surface area contributed by atoms with Gasteiger partial charge in [-0.05, 0) is 73.4 Å². The molecule has 0 bridgehead atoms. The molecule has 2 fully saturated rings. The summed E-state index contributed by atoms with van der Waals surface area (Å²) in [5, 5.41) is 10.5. The molecule has 156 valence electrons. The van der Waals surface area contributed by atoms with Crippen molar-refractivity contribution in [3.05, 3.63) is 65.0 Å². The predicted octanol–water partition coefficient (Wildman–Crippen LogP) is 4.49. The van der Waals surface area contributed by atoms with Gasteiger partial charge in [0.1, 0.15) is 11.6 Å². The molecule has 1 aromatic heterocycles. The monoisotopic (exact) mass is 411 g/mol. The molecule has 1 amide bonds. The van der Waals surface area contributed by atoms with Gasteiger partial charge in [-0.2, -0.15) is 5.26 Å². The maximum absolute atomic E-state index is 13.9. The van der Waals surface area contributed by atoms with E-state index in [0.29, 0.717) is 24.5 Å². The van der Waals surface area contributed by atoms with Crippen molar-refractivity contribution in [1.82, 2.24) is 10.0 Å². The molecular weight excluding hydrogens is 388 g/mol. The lowest BCUT2D eigenvalue weighted by Crippen LogP contribution is -2.36. The van der Waals surface area contributed by atoms with E-state index in [1.54, 1.807) is 12.3 Å². The van der Waals surface area contributed by atoms with Gasteiger partial charge in [0.25, 0.3) is 0 Å². The van der Waals surface area contributed by atoms with Crippen LogP contribution in [0.15, 0.2) is 36.7 Å². The number of carbonyl (C=O) groups excluding carboxylic acids is 1. The zero-order valence-electron chi connectivity index (χ0n) is 16.6. The summed E-state index contributed by atoms with van der Waals surface area (Å²) in [7, 11) is 0. The molecule has 0 spiro atoms. The van der Waals surface area contributed by atoms with E-state index in [-0.39, 0.29) is 29.2 Å². The van der Waals surface area contributed by atoms with Crippen molar-refractivity contribution in [1.29, 1.82) is 5.26 Å². The summed E-state index contributed by atoms with van der Waals surface area (Å²) in [4.78, 5) is 22.6. The molecule has 0 unspecified atom stereocenters. The first-order chi connectivity index (χ1) is 14.5. The molecule has 1 saturated carbocycles. The van der Waals surface area contributed by atoms with E-state index in [0.717, 1.165) is 37.7 Å². The van der Waals surface area contributed by atoms with Crippen LogP contribution < -0.4 is 0 Å². The Balaban J connectivity index is 1.39. The van der Waals surface area contributed by atoms with Crippen molar-refractivity contribution in [3.63, 3.8) is 0 Å². The molecule has 2 heterocycles. The van der Waals surface area contributed by atoms with Gasteiger partial charge in [0, 0.05) is 18.5 Å². The predicted molar refractivity (Wildman–Crippen MR) is 105 cm³/mol. The summed E-state index contributed by atoms with van der Waals surface area (Å²) < 4.78 is 27.2. The number of nitrogens with zero attached hydrogens (tertiary/aromatic N) is 3. The highest BCUT2D eigenvalue weighted by molar-refractivity contribution is 5.78. The Kier molecular flexibility index (Phi) is 6.05. The second-order valence-corrected chi connectivity index (χ2v) is 8.12. The van der Waals surface area contributed by atoms with Crippen LogP contribution in [0.3, 0.4) is 0 Å². The molecule has 2 aromatic rings. The van der Waals surface area contributed by atoms with Crippen molar-refractivity contribution in [2.24, 2.45) is 11.8 Å². The van der Waals surface area contributed by atoms with Gasteiger partial charge < -0.3 is 0 Å². The molecule has 1 atom stereocenters. The van der Waals surface area contributed by atoms with Crippen molar-refractivity contribution in [2.75, 3.05) is 6.61 Å². The summed E-state index contributed by atoms with van der Waals surface area (Å²) in [6.07, 6.45) is 7.46. The third-order valence-corrected chi connectivity index (χ3v) is 6.04. The number of aromatic nitrogens is 1. The Morgan fingerprint density at radius 3 is 2.63 bits per heavy atom. The Morgan fingerprint density at radius 2 is 1.90 bits per heavy atom. The van der Waals surface area contributed by atoms with Crippen molar-refractivity contribution in [2.45, 2.75) is 44.6 Å². The van der Waals surface area contributed by atoms with Gasteiger partial charge in [-0.15, -0.1) is 0 Å². The molecule has 1 aliphatic heterocycles. The number of nitriles is 1. The third kappa shape index (κ3) is 4.49. The molecular formula is C23H23F2N3O2. The Morgan fingerprint density at radius 1 is 1.10 bits per heavy atom. The van der Waals surface area contributed by atoms with Crippen LogP contribution in [0.5, 0.6) is 0 Å². The maximum Gasteiger partial charge on any atom is 0.249 e. The Hall–Kier alpha value is -2.85. The fourth-order valence-electron chi connectivity index (χ4n) is 4.55. The highest BCUT2D eigenvalue weighted by Crippen LogP contribution is 2.37. The van der Waals surface area contributed by atoms with E-state index in [1.807, 2.05) is 6.07 Å². The van der Waals surface area contributed by atoms with Crippen LogP contribution in [-0.4, -0.2) is 22.6 Å². The number of carbonyl (C=O) groups is 1. The number of benzene rings is 1. The molecule has 1 saturated heterocycles. The first-order valence-electron chi connectivity index (χ1n) is 10.3. The van der Waals surface area contributed by atoms with E-state index in [9.17, 15) is 13.6 Å². The first-order valence-corrected chi connectivity index (χ1v) is 10.3. The lowest BCUT2D eigenvalue weighted by Gasteiger charge is -2.32. The normalized spacial score (nSPS) is 23.9. The molecule has 5 nitrogen and oxygen atoms in total. The number of hydrogen-bond acceptors (Lipinski definition) is 4. The highest BCUT2D eigenvalue weighted by atomic mass is 19.1. The second kappa shape index (κ2) is 8.88. The Bertz CT molecular complexity index is 967. The number of pyridine rings is 1. The number of rotatable bonds is 4. The molecule has 30 heavy (non-hydrogen) atoms. The van der Waals surface area contributed by atoms with Crippen LogP contribution in [0.1, 0.15) is 54.8 Å². The molecule has 2 aliphatic rings. The van der Waals surface area contributed by atoms with E-state index >= 15 is 0 Å². The average Bonchev–Trinajstić information content (AvgIpc) is 3.23. The van der Waals surface area contributed by atoms with E-state index in [2.05, 4.69) is 4.98 Å². The number of amides is 1. The molecule has 1 aliphatic carbocycles. The van der Waals surface area contributed by atoms with Gasteiger partial charge >= 0.3 is 0 Å². The van der Waals surface area contributed by atoms with Crippen molar-refractivity contribution >= 4 is 5.91 Å². The van der Waals surface area contributed by atoms with Crippen LogP contribution in [0.25, 0.3) is 0 Å². The number of halogens is 2. The van der Waals surface area contributed by atoms with Gasteiger partial charge in [0.15, 0.2) is 0 Å². The van der Waals surface area contributed by atoms with Gasteiger partial charge in [0.05, 0.1) is 30.5 Å². The minimum Gasteiger partial charge on any atom is -0.272 e. The summed E-state index contributed by atoms with van der Waals surface area (Å²) in [6, 6.07) is 7.26. The smallest absolute Gasteiger partial charge is 0.249 e. The highest BCUT2D eigenvalue weighted by Gasteiger charge is 2.37. The van der Waals surface area contributed by atoms with E-state index in [1.165, 1.54) is 29.5 Å². The minimum atomic E-state index is -0.490. The lowest BCUT2D eigenvalue weighted by molar-refractivity contribution is -0.183. The molecule has 1 aromatic carbocycles. The first kappa shape index (κ1) is 20.4. The van der Waals surface area contributed by atoms with Crippen molar-refractivity contribution in [3.8, 4) is 6.07 Å². The van der Waals surface area contributed by atoms with Crippen LogP contribution in [-0.2, 0) is 16.1 Å². The SMILES string of the molecule is N#Cc1cc(F)cc([C@@H]2CCON2C(=O)[C@H]2CC[C@H](Cc3cncc(F)c3)CC2)c1. The number of hydrogen-bond donors (Lipinski definition) is 0. The van der Waals surface area contributed by atoms with Gasteiger partial charge in [0.2, 0.25) is 5.91 Å². The van der Waals surface area contributed by atoms with Crippen LogP contribution in [0, 0.1) is 34.8 Å². The Labute approximate surface area is 174 Å². The maximum atomic E-state index is 13.9. The summed E-state index contributed by atoms with van der Waals surface area (Å²) >= 11 is 0. The van der Waals surface area contributed by atoms with Crippen LogP contribution >= 0.6 is 0 Å². The van der Waals surface area contributed by atoms with E-state index in [4.69, 9.17) is 10.1 Å². The minimum absolute atomic E-state index is 0.0776. The van der Waals surface area contributed by atoms with Gasteiger partial charge in [-0.1, -0.05) is 0 Å². The standard InChI is InChI=1S/C23H23F2N3O2/c24-20-9-16(12-26)8-19(11-20)22-5-6-30-28(22)23(29)18-3-1-15(2-4-18)7-17-10-21(25)14-27-13-17/h8-11,13-15,18,22H,1-7H2/t15-,18-,22-/m0/s1. The molecule has 0 radical (unpaired) electrons. The summed E-state index contributed by atoms with van der Waals surface area (Å²) in [5.41, 5.74) is 1.70. The summed E-state index contributed by atoms with van der Waals surface area (Å²) in [6.45, 7) is 0.386. The quantitative estimate of drug-likeness (QED) is 0.744. The molecule has 0 N–H and O–H groups in total. The third-order valence-electron chi connectivity index (χ3n) is 6.04. The van der Waals surface area contributed by atoms with E-state index < -0.39 is 5.82 Å². The largest absolute Gasteiger partial charge is 0.272 e. The van der Waals surface area contributed by atoms with Gasteiger partial charge in [-0.25, -0.2) is 13.8 Å². The van der Waals surface area contributed by atoms with Crippen molar-refractivity contribution < 1.29 is 18.4 Å². The second-order valence-electron chi connectivity index (χ2n) is 8.12. The molecule has 4 rings (SSSR count).